The minimum absolute atomic E-state index is 0.0943. The number of carbonyl (C=O) groups is 3. The van der Waals surface area contributed by atoms with E-state index < -0.39 is 47.4 Å². The highest BCUT2D eigenvalue weighted by molar-refractivity contribution is 5.90. The molecule has 0 unspecified atom stereocenters. The predicted molar refractivity (Wildman–Crippen MR) is 136 cm³/mol. The molecule has 1 N–H and O–H groups in total. The van der Waals surface area contributed by atoms with Crippen molar-refractivity contribution in [2.24, 2.45) is 5.92 Å². The minimum Gasteiger partial charge on any atom is -0.458 e. The van der Waals surface area contributed by atoms with E-state index in [4.69, 9.17) is 14.2 Å². The molecule has 2 amide bonds. The quantitative estimate of drug-likeness (QED) is 0.476. The maximum atomic E-state index is 13.4. The second kappa shape index (κ2) is 12.9. The van der Waals surface area contributed by atoms with Crippen molar-refractivity contribution in [1.82, 2.24) is 10.2 Å². The number of likely N-dealkylation sites (N-methyl/N-ethyl adjacent to an activating group) is 1. The lowest BCUT2D eigenvalue weighted by molar-refractivity contribution is -0.166. The second-order valence-corrected chi connectivity index (χ2v) is 11.3. The third-order valence-corrected chi connectivity index (χ3v) is 4.93. The van der Waals surface area contributed by atoms with Crippen molar-refractivity contribution in [2.75, 3.05) is 7.05 Å². The van der Waals surface area contributed by atoms with Crippen LogP contribution in [-0.2, 0) is 30.4 Å². The number of rotatable bonds is 10. The van der Waals surface area contributed by atoms with Gasteiger partial charge in [-0.3, -0.25) is 9.69 Å². The van der Waals surface area contributed by atoms with Crippen molar-refractivity contribution in [3.63, 3.8) is 0 Å². The van der Waals surface area contributed by atoms with Crippen molar-refractivity contribution < 1.29 is 28.6 Å². The van der Waals surface area contributed by atoms with Gasteiger partial charge < -0.3 is 19.5 Å². The number of carbonyl (C=O) groups excluding carboxylic acids is 3. The molecule has 3 atom stereocenters. The average molecular weight is 493 g/mol. The number of nitrogens with one attached hydrogen (secondary N) is 1. The summed E-state index contributed by atoms with van der Waals surface area (Å²) in [5, 5.41) is 2.79. The van der Waals surface area contributed by atoms with Gasteiger partial charge in [-0.1, -0.05) is 44.2 Å². The van der Waals surface area contributed by atoms with Crippen molar-refractivity contribution in [3.05, 3.63) is 35.9 Å². The standard InChI is InChI=1S/C27H44N2O6/c1-18(2)16-21(29(10)25(32)33-17-20-14-12-11-13-15-20)23(30)28-22(19(3)34-26(4,5)6)24(31)35-27(7,8)9/h11-15,18-19,21-22H,16-17H2,1-10H3,(H,28,30)/t19-,21+,22+/m1/s1. The first-order valence-corrected chi connectivity index (χ1v) is 12.1. The molecule has 0 radical (unpaired) electrons. The molecule has 8 heteroatoms. The van der Waals surface area contributed by atoms with Crippen LogP contribution in [0.4, 0.5) is 4.79 Å². The molecule has 0 saturated heterocycles. The summed E-state index contributed by atoms with van der Waals surface area (Å²) in [5.41, 5.74) is -0.436. The summed E-state index contributed by atoms with van der Waals surface area (Å²) in [6, 6.07) is 7.42. The van der Waals surface area contributed by atoms with Crippen LogP contribution in [0.2, 0.25) is 0 Å². The van der Waals surface area contributed by atoms with E-state index in [1.165, 1.54) is 11.9 Å². The molecule has 0 saturated carbocycles. The number of hydrogen-bond donors (Lipinski definition) is 1. The van der Waals surface area contributed by atoms with Gasteiger partial charge in [0.1, 0.15) is 18.2 Å². The second-order valence-electron chi connectivity index (χ2n) is 11.3. The monoisotopic (exact) mass is 492 g/mol. The van der Waals surface area contributed by atoms with Crippen LogP contribution in [0.5, 0.6) is 0 Å². The Balaban J connectivity index is 3.07. The van der Waals surface area contributed by atoms with Crippen LogP contribution in [0.3, 0.4) is 0 Å². The summed E-state index contributed by atoms with van der Waals surface area (Å²) >= 11 is 0. The van der Waals surface area contributed by atoms with Gasteiger partial charge in [0, 0.05) is 7.05 Å². The van der Waals surface area contributed by atoms with Gasteiger partial charge in [0.15, 0.2) is 6.04 Å². The third-order valence-electron chi connectivity index (χ3n) is 4.93. The summed E-state index contributed by atoms with van der Waals surface area (Å²) in [6.07, 6.45) is -0.899. The fourth-order valence-electron chi connectivity index (χ4n) is 3.44. The first kappa shape index (κ1) is 30.4. The molecule has 198 valence electrons. The van der Waals surface area contributed by atoms with Gasteiger partial charge in [-0.15, -0.1) is 0 Å². The van der Waals surface area contributed by atoms with Crippen LogP contribution in [0, 0.1) is 5.92 Å². The molecule has 0 aliphatic rings. The molecule has 1 aromatic carbocycles. The van der Waals surface area contributed by atoms with Crippen molar-refractivity contribution in [3.8, 4) is 0 Å². The molecule has 1 rings (SSSR count). The van der Waals surface area contributed by atoms with E-state index in [9.17, 15) is 14.4 Å². The predicted octanol–water partition coefficient (Wildman–Crippen LogP) is 4.70. The lowest BCUT2D eigenvalue weighted by atomic mass is 10.0. The molecular weight excluding hydrogens is 448 g/mol. The molecule has 8 nitrogen and oxygen atoms in total. The Kier molecular flexibility index (Phi) is 11.2. The zero-order chi connectivity index (χ0) is 27.0. The topological polar surface area (TPSA) is 94.2 Å². The number of esters is 1. The van der Waals surface area contributed by atoms with Crippen LogP contribution in [0.15, 0.2) is 30.3 Å². The highest BCUT2D eigenvalue weighted by atomic mass is 16.6. The van der Waals surface area contributed by atoms with Gasteiger partial charge in [0.2, 0.25) is 5.91 Å². The smallest absolute Gasteiger partial charge is 0.410 e. The van der Waals surface area contributed by atoms with Gasteiger partial charge >= 0.3 is 12.1 Å². The molecule has 0 aliphatic carbocycles. The Morgan fingerprint density at radius 2 is 1.51 bits per heavy atom. The van der Waals surface area contributed by atoms with E-state index in [1.807, 2.05) is 65.0 Å². The molecule has 0 bridgehead atoms. The fourth-order valence-corrected chi connectivity index (χ4v) is 3.44. The fraction of sp³-hybridized carbons (Fsp3) is 0.667. The zero-order valence-corrected chi connectivity index (χ0v) is 23.0. The van der Waals surface area contributed by atoms with Gasteiger partial charge in [-0.05, 0) is 66.4 Å². The number of nitrogens with zero attached hydrogens (tertiary/aromatic N) is 1. The van der Waals surface area contributed by atoms with Gasteiger partial charge in [0.05, 0.1) is 11.7 Å². The Morgan fingerprint density at radius 1 is 0.943 bits per heavy atom. The Bertz CT molecular complexity index is 826. The lowest BCUT2D eigenvalue weighted by Crippen LogP contribution is -2.57. The molecule has 0 aliphatic heterocycles. The lowest BCUT2D eigenvalue weighted by Gasteiger charge is -2.34. The molecule has 35 heavy (non-hydrogen) atoms. The summed E-state index contributed by atoms with van der Waals surface area (Å²) in [5.74, 6) is -0.961. The van der Waals surface area contributed by atoms with Gasteiger partial charge in [0.25, 0.3) is 0 Å². The van der Waals surface area contributed by atoms with Gasteiger partial charge in [-0.2, -0.15) is 0 Å². The summed E-state index contributed by atoms with van der Waals surface area (Å²) in [7, 11) is 1.53. The van der Waals surface area contributed by atoms with E-state index in [1.54, 1.807) is 27.7 Å². The Labute approximate surface area is 210 Å². The highest BCUT2D eigenvalue weighted by Crippen LogP contribution is 2.18. The normalized spacial score (nSPS) is 14.6. The number of ether oxygens (including phenoxy) is 3. The number of benzene rings is 1. The summed E-state index contributed by atoms with van der Waals surface area (Å²) < 4.78 is 17.0. The third kappa shape index (κ3) is 11.6. The first-order valence-electron chi connectivity index (χ1n) is 12.1. The SMILES string of the molecule is CC(C)C[C@@H](C(=O)N[C@H](C(=O)OC(C)(C)C)[C@@H](C)OC(C)(C)C)N(C)C(=O)OCc1ccccc1. The minimum atomic E-state index is -1.05. The molecule has 0 fully saturated rings. The molecule has 1 aromatic rings. The zero-order valence-electron chi connectivity index (χ0n) is 23.0. The van der Waals surface area contributed by atoms with Crippen LogP contribution >= 0.6 is 0 Å². The van der Waals surface area contributed by atoms with Gasteiger partial charge in [-0.25, -0.2) is 9.59 Å². The Hall–Kier alpha value is -2.61. The van der Waals surface area contributed by atoms with E-state index in [0.717, 1.165) is 5.56 Å². The maximum absolute atomic E-state index is 13.4. The summed E-state index contributed by atoms with van der Waals surface area (Å²) in [6.45, 7) is 16.6. The average Bonchev–Trinajstić information content (AvgIpc) is 2.71. The van der Waals surface area contributed by atoms with Crippen LogP contribution in [0.25, 0.3) is 0 Å². The van der Waals surface area contributed by atoms with Crippen molar-refractivity contribution in [2.45, 2.75) is 105 Å². The number of hydrogen-bond acceptors (Lipinski definition) is 6. The van der Waals surface area contributed by atoms with Crippen molar-refractivity contribution in [1.29, 1.82) is 0 Å². The number of amides is 2. The Morgan fingerprint density at radius 3 is 2.00 bits per heavy atom. The van der Waals surface area contributed by atoms with Crippen LogP contribution in [0.1, 0.15) is 74.3 Å². The first-order chi connectivity index (χ1) is 16.0. The van der Waals surface area contributed by atoms with E-state index in [-0.39, 0.29) is 12.5 Å². The maximum Gasteiger partial charge on any atom is 0.410 e. The van der Waals surface area contributed by atoms with Crippen LogP contribution in [-0.4, -0.2) is 59.3 Å². The van der Waals surface area contributed by atoms with Crippen LogP contribution < -0.4 is 5.32 Å². The van der Waals surface area contributed by atoms with E-state index in [0.29, 0.717) is 6.42 Å². The van der Waals surface area contributed by atoms with E-state index >= 15 is 0 Å². The van der Waals surface area contributed by atoms with E-state index in [2.05, 4.69) is 5.32 Å². The molecule has 0 heterocycles. The molecule has 0 spiro atoms. The highest BCUT2D eigenvalue weighted by Gasteiger charge is 2.37. The largest absolute Gasteiger partial charge is 0.458 e. The molecular formula is C27H44N2O6. The summed E-state index contributed by atoms with van der Waals surface area (Å²) in [4.78, 5) is 40.5. The molecule has 0 aromatic heterocycles. The van der Waals surface area contributed by atoms with Crippen molar-refractivity contribution >= 4 is 18.0 Å².